The van der Waals surface area contributed by atoms with Crippen LogP contribution in [0.5, 0.6) is 0 Å². The molecule has 0 N–H and O–H groups in total. The van der Waals surface area contributed by atoms with Crippen LogP contribution >= 0.6 is 0 Å². The van der Waals surface area contributed by atoms with Crippen LogP contribution in [0.2, 0.25) is 0 Å². The minimum absolute atomic E-state index is 0. The topological polar surface area (TPSA) is 277 Å². The van der Waals surface area contributed by atoms with Crippen molar-refractivity contribution in [1.82, 2.24) is 0 Å². The third kappa shape index (κ3) is 386. The summed E-state index contributed by atoms with van der Waals surface area (Å²) >= 11 is 0. The molecule has 0 rings (SSSR count). The molecule has 12 nitrogen and oxygen atoms in total. The first-order valence-electron chi connectivity index (χ1n) is 2.83. The fourth-order valence-corrected chi connectivity index (χ4v) is 0. The minimum Gasteiger partial charge on any atom is -1.00 e. The predicted molar refractivity (Wildman–Crippen MR) is 23.0 cm³/mol. The van der Waals surface area contributed by atoms with Crippen molar-refractivity contribution in [2.24, 2.45) is 0 Å². The van der Waals surface area contributed by atoms with E-state index in [1.165, 1.54) is 0 Å². The Labute approximate surface area is 472 Å². The zero-order chi connectivity index (χ0) is 14.3. The van der Waals surface area contributed by atoms with E-state index in [-0.39, 0.29) is 397 Å². The summed E-state index contributed by atoms with van der Waals surface area (Å²) < 4.78 is 0. The van der Waals surface area contributed by atoms with Crippen molar-refractivity contribution in [3.05, 3.63) is 0 Å². The van der Waals surface area contributed by atoms with Crippen LogP contribution in [0.15, 0.2) is 0 Å². The molecule has 30 heteroatoms. The molecule has 0 amide bonds. The van der Waals surface area contributed by atoms with Crippen LogP contribution in [-0.4, -0.2) is 29.3 Å². The van der Waals surface area contributed by atoms with Gasteiger partial charge in [-0.05, 0) is 0 Å². The van der Waals surface area contributed by atoms with Crippen molar-refractivity contribution in [3.63, 3.8) is 0 Å². The van der Waals surface area contributed by atoms with Gasteiger partial charge in [0.05, 0.1) is 0 Å². The van der Waals surface area contributed by atoms with Gasteiger partial charge in [0.15, 0.2) is 0 Å². The molecule has 0 radical (unpaired) electrons. The molecule has 0 aromatic carbocycles. The maximum atomic E-state index is 8.42. The van der Waals surface area contributed by atoms with Gasteiger partial charge in [-0.1, -0.05) is 0 Å². The van der Waals surface area contributed by atoms with Gasteiger partial charge in [-0.15, -0.1) is 0 Å². The molecule has 0 aliphatic carbocycles. The zero-order valence-corrected chi connectivity index (χ0v) is 47.3. The largest absolute Gasteiger partial charge is 1.00 e. The molecule has 0 atom stereocenters. The molecule has 0 heterocycles. The fourth-order valence-electron chi connectivity index (χ4n) is 0. The van der Waals surface area contributed by atoms with Crippen LogP contribution in [0.1, 0.15) is 0 Å². The van der Waals surface area contributed by atoms with E-state index in [0.717, 1.165) is 0 Å². The monoisotopic (exact) mass is 570 g/mol. The van der Waals surface area contributed by atoms with Crippen LogP contribution < -0.4 is 457 Å². The smallest absolute Gasteiger partial charge is 1.00 e. The van der Waals surface area contributed by atoms with Crippen molar-refractivity contribution in [3.8, 4) is 0 Å². The Morgan fingerprint density at radius 1 is 0.200 bits per heavy atom. The first kappa shape index (κ1) is 121. The maximum Gasteiger partial charge on any atom is 1.00 e. The van der Waals surface area contributed by atoms with Gasteiger partial charge in [-0.25, -0.2) is 0 Å². The van der Waals surface area contributed by atoms with Crippen molar-refractivity contribution in [2.75, 3.05) is 0 Å². The van der Waals surface area contributed by atoms with Crippen molar-refractivity contribution in [2.45, 2.75) is 0 Å². The average Bonchev–Trinajstić information content (AvgIpc) is 1.76. The average molecular weight is 570 g/mol. The molecule has 0 fully saturated rings. The van der Waals surface area contributed by atoms with Gasteiger partial charge >= 0.3 is 384 Å². The maximum absolute atomic E-state index is 8.42. The summed E-state index contributed by atoms with van der Waals surface area (Å²) in [5, 5.41) is 101. The SMILES string of the molecule is [Cl-].[Na+].[Na+].[Na+].[Na+].[Na+].[Na+].[Na+].[Na+].[Na+].[Na+].[Na+].[Na+].[Na+].[O-]B([O-])[O-].[O-]B([O-])[O-].[O-]B([O-])[O-].[O-]B([O-])[O-]. The van der Waals surface area contributed by atoms with Crippen LogP contribution in [0.4, 0.5) is 0 Å². The van der Waals surface area contributed by atoms with Crippen LogP contribution in [-0.2, 0) is 0 Å². The summed E-state index contributed by atoms with van der Waals surface area (Å²) in [6, 6.07) is 0. The quantitative estimate of drug-likeness (QED) is 0.246. The summed E-state index contributed by atoms with van der Waals surface area (Å²) in [7, 11) is -11.7. The van der Waals surface area contributed by atoms with E-state index in [1.54, 1.807) is 0 Å². The number of halogens is 1. The molecule has 0 aliphatic heterocycles. The molecule has 0 saturated carbocycles. The molecule has 104 valence electrons. The number of hydrogen-bond acceptors (Lipinski definition) is 12. The van der Waals surface area contributed by atoms with E-state index in [4.69, 9.17) is 60.3 Å². The third-order valence-corrected chi connectivity index (χ3v) is 0. The normalized spacial score (nSPS) is 3.60. The van der Waals surface area contributed by atoms with E-state index in [0.29, 0.717) is 0 Å². The Morgan fingerprint density at radius 2 is 0.200 bits per heavy atom. The molecule has 0 spiro atoms. The summed E-state index contributed by atoms with van der Waals surface area (Å²) in [6.45, 7) is 0. The molecule has 0 saturated heterocycles. The second-order valence-corrected chi connectivity index (χ2v) is 1.15. The van der Waals surface area contributed by atoms with Gasteiger partial charge in [0.2, 0.25) is 0 Å². The van der Waals surface area contributed by atoms with E-state index in [9.17, 15) is 0 Å². The molecule has 0 unspecified atom stereocenters. The molecule has 0 aliphatic rings. The van der Waals surface area contributed by atoms with Crippen molar-refractivity contribution < 1.29 is 457 Å². The molecular weight excluding hydrogens is 570 g/mol. The third-order valence-electron chi connectivity index (χ3n) is 0. The fraction of sp³-hybridized carbons (Fsp3) is 0. The second kappa shape index (κ2) is 113. The Kier molecular flexibility index (Phi) is 456. The van der Waals surface area contributed by atoms with E-state index in [1.807, 2.05) is 0 Å². The van der Waals surface area contributed by atoms with Gasteiger partial charge in [0.25, 0.3) is 0 Å². The zero-order valence-electron chi connectivity index (χ0n) is 20.6. The van der Waals surface area contributed by atoms with E-state index >= 15 is 0 Å². The number of rotatable bonds is 0. The minimum atomic E-state index is -2.92. The Balaban J connectivity index is -0.00000000346. The summed E-state index contributed by atoms with van der Waals surface area (Å²) in [5.41, 5.74) is 0. The molecule has 0 aromatic heterocycles. The van der Waals surface area contributed by atoms with Gasteiger partial charge in [0.1, 0.15) is 0 Å². The molecule has 0 bridgehead atoms. The number of hydrogen-bond donors (Lipinski definition) is 0. The Bertz CT molecular complexity index is 91.1. The first-order chi connectivity index (χ1) is 6.93. The summed E-state index contributed by atoms with van der Waals surface area (Å²) in [6.07, 6.45) is 0. The summed E-state index contributed by atoms with van der Waals surface area (Å²) in [4.78, 5) is 0. The van der Waals surface area contributed by atoms with Crippen molar-refractivity contribution >= 4 is 29.3 Å². The molecule has 0 aromatic rings. The van der Waals surface area contributed by atoms with Crippen LogP contribution in [0, 0.1) is 0 Å². The predicted octanol–water partition coefficient (Wildman–Crippen LogP) is -57.7. The Hall–Kier alpha value is 13.1. The van der Waals surface area contributed by atoms with Gasteiger partial charge in [0, 0.05) is 0 Å². The Morgan fingerprint density at radius 3 is 0.200 bits per heavy atom. The second-order valence-electron chi connectivity index (χ2n) is 1.15. The summed E-state index contributed by atoms with van der Waals surface area (Å²) in [5.74, 6) is 0. The van der Waals surface area contributed by atoms with Crippen molar-refractivity contribution in [1.29, 1.82) is 0 Å². The van der Waals surface area contributed by atoms with Gasteiger partial charge in [-0.2, -0.15) is 0 Å². The van der Waals surface area contributed by atoms with Crippen LogP contribution in [0.3, 0.4) is 0 Å². The van der Waals surface area contributed by atoms with Gasteiger partial charge < -0.3 is 72.7 Å². The van der Waals surface area contributed by atoms with Gasteiger partial charge in [-0.3, -0.25) is 29.3 Å². The molecular formula is B4ClNa13O12. The molecule has 30 heavy (non-hydrogen) atoms. The standard InChI is InChI=1S/4BO3.ClH.13Na/c4*2-1(3)4;;;;;;;;;;;;;;/h;;;;1H;;;;;;;;;;;;;/q4*-3;;13*+1/p-1. The first-order valence-corrected chi connectivity index (χ1v) is 2.83. The van der Waals surface area contributed by atoms with E-state index < -0.39 is 29.3 Å². The van der Waals surface area contributed by atoms with E-state index in [2.05, 4.69) is 0 Å². The van der Waals surface area contributed by atoms with Crippen LogP contribution in [0.25, 0.3) is 0 Å².